The van der Waals surface area contributed by atoms with E-state index in [0.717, 1.165) is 4.47 Å². The van der Waals surface area contributed by atoms with Crippen LogP contribution in [-0.2, 0) is 4.79 Å². The highest BCUT2D eigenvalue weighted by Gasteiger charge is 2.32. The van der Waals surface area contributed by atoms with Gasteiger partial charge in [0.15, 0.2) is 0 Å². The summed E-state index contributed by atoms with van der Waals surface area (Å²) >= 11 is 3.30. The van der Waals surface area contributed by atoms with Crippen LogP contribution in [0.5, 0.6) is 0 Å². The Kier molecular flexibility index (Phi) is 4.02. The lowest BCUT2D eigenvalue weighted by molar-refractivity contribution is -0.117. The summed E-state index contributed by atoms with van der Waals surface area (Å²) < 4.78 is 14.5. The van der Waals surface area contributed by atoms with Gasteiger partial charge in [-0.15, -0.1) is 0 Å². The Hall–Kier alpha value is -0.940. The number of hydrogen-bond acceptors (Lipinski definition) is 2. The fraction of sp³-hybridized carbons (Fsp3) is 0.462. The summed E-state index contributed by atoms with van der Waals surface area (Å²) in [5.41, 5.74) is 0.349. The second kappa shape index (κ2) is 5.36. The van der Waals surface area contributed by atoms with Crippen LogP contribution in [0.25, 0.3) is 0 Å². The maximum Gasteiger partial charge on any atom is 0.228 e. The van der Waals surface area contributed by atoms with Crippen LogP contribution in [0.15, 0.2) is 22.7 Å². The zero-order valence-corrected chi connectivity index (χ0v) is 12.0. The van der Waals surface area contributed by atoms with E-state index in [0.29, 0.717) is 24.7 Å². The summed E-state index contributed by atoms with van der Waals surface area (Å²) in [6.45, 7) is 4.59. The highest BCUT2D eigenvalue weighted by molar-refractivity contribution is 9.10. The van der Waals surface area contributed by atoms with Crippen LogP contribution in [0.2, 0.25) is 0 Å². The van der Waals surface area contributed by atoms with Gasteiger partial charge in [-0.2, -0.15) is 0 Å². The van der Waals surface area contributed by atoms with Crippen LogP contribution in [0.1, 0.15) is 20.3 Å². The zero-order valence-electron chi connectivity index (χ0n) is 10.4. The monoisotopic (exact) mass is 314 g/mol. The topological polar surface area (TPSA) is 32.3 Å². The minimum absolute atomic E-state index is 0.0369. The van der Waals surface area contributed by atoms with E-state index >= 15 is 0 Å². The molecule has 1 N–H and O–H groups in total. The van der Waals surface area contributed by atoms with E-state index in [-0.39, 0.29) is 17.8 Å². The van der Waals surface area contributed by atoms with Crippen molar-refractivity contribution in [1.82, 2.24) is 5.32 Å². The Morgan fingerprint density at radius 3 is 2.89 bits per heavy atom. The summed E-state index contributed by atoms with van der Waals surface area (Å²) in [6.07, 6.45) is 0.421. The Balaban J connectivity index is 2.19. The van der Waals surface area contributed by atoms with E-state index in [1.807, 2.05) is 13.8 Å². The Bertz CT molecular complexity index is 464. The third-order valence-corrected chi connectivity index (χ3v) is 3.39. The first kappa shape index (κ1) is 13.5. The average molecular weight is 315 g/mol. The van der Waals surface area contributed by atoms with Crippen LogP contribution in [0.4, 0.5) is 10.1 Å². The van der Waals surface area contributed by atoms with E-state index in [4.69, 9.17) is 0 Å². The SMILES string of the molecule is CC(C)NC1CC(=O)N(c2cc(Br)ccc2F)C1. The predicted octanol–water partition coefficient (Wildman–Crippen LogP) is 2.69. The number of rotatable bonds is 3. The molecule has 3 nitrogen and oxygen atoms in total. The maximum atomic E-state index is 13.7. The van der Waals surface area contributed by atoms with Crippen LogP contribution in [-0.4, -0.2) is 24.5 Å². The summed E-state index contributed by atoms with van der Waals surface area (Å²) in [7, 11) is 0. The molecule has 0 radical (unpaired) electrons. The number of anilines is 1. The molecule has 0 aromatic heterocycles. The maximum absolute atomic E-state index is 13.7. The molecular formula is C13H16BrFN2O. The molecule has 1 fully saturated rings. The van der Waals surface area contributed by atoms with Crippen molar-refractivity contribution in [2.75, 3.05) is 11.4 Å². The van der Waals surface area contributed by atoms with Gasteiger partial charge < -0.3 is 10.2 Å². The van der Waals surface area contributed by atoms with Crippen LogP contribution in [0, 0.1) is 5.82 Å². The van der Waals surface area contributed by atoms with Crippen LogP contribution < -0.4 is 10.2 Å². The third-order valence-electron chi connectivity index (χ3n) is 2.89. The molecule has 1 aromatic carbocycles. The molecule has 1 aliphatic rings. The van der Waals surface area contributed by atoms with Crippen LogP contribution >= 0.6 is 15.9 Å². The van der Waals surface area contributed by atoms with Gasteiger partial charge in [-0.05, 0) is 18.2 Å². The lowest BCUT2D eigenvalue weighted by Crippen LogP contribution is -2.37. The van der Waals surface area contributed by atoms with Gasteiger partial charge in [0.2, 0.25) is 5.91 Å². The molecule has 0 spiro atoms. The van der Waals surface area contributed by atoms with Gasteiger partial charge >= 0.3 is 0 Å². The summed E-state index contributed by atoms with van der Waals surface area (Å²) in [4.78, 5) is 13.4. The van der Waals surface area contributed by atoms with Gasteiger partial charge in [-0.1, -0.05) is 29.8 Å². The number of benzene rings is 1. The van der Waals surface area contributed by atoms with Crippen molar-refractivity contribution >= 4 is 27.5 Å². The van der Waals surface area contributed by atoms with Gasteiger partial charge in [0.05, 0.1) is 5.69 Å². The first-order valence-electron chi connectivity index (χ1n) is 5.99. The molecule has 1 heterocycles. The molecule has 1 atom stereocenters. The molecule has 0 aliphatic carbocycles. The highest BCUT2D eigenvalue weighted by atomic mass is 79.9. The zero-order chi connectivity index (χ0) is 13.3. The van der Waals surface area contributed by atoms with E-state index in [1.165, 1.54) is 11.0 Å². The Morgan fingerprint density at radius 2 is 2.22 bits per heavy atom. The minimum atomic E-state index is -0.364. The van der Waals surface area contributed by atoms with Gasteiger partial charge in [0.1, 0.15) is 5.82 Å². The molecule has 1 saturated heterocycles. The highest BCUT2D eigenvalue weighted by Crippen LogP contribution is 2.27. The smallest absolute Gasteiger partial charge is 0.228 e. The minimum Gasteiger partial charge on any atom is -0.309 e. The lowest BCUT2D eigenvalue weighted by Gasteiger charge is -2.19. The van der Waals surface area contributed by atoms with Gasteiger partial charge in [0, 0.05) is 29.5 Å². The van der Waals surface area contributed by atoms with Crippen molar-refractivity contribution in [2.45, 2.75) is 32.4 Å². The van der Waals surface area contributed by atoms with E-state index in [1.54, 1.807) is 12.1 Å². The van der Waals surface area contributed by atoms with Crippen molar-refractivity contribution in [3.63, 3.8) is 0 Å². The van der Waals surface area contributed by atoms with Crippen molar-refractivity contribution in [3.05, 3.63) is 28.5 Å². The van der Waals surface area contributed by atoms with E-state index in [9.17, 15) is 9.18 Å². The number of carbonyl (C=O) groups is 1. The Labute approximate surface area is 114 Å². The first-order chi connectivity index (χ1) is 8.47. The third kappa shape index (κ3) is 2.90. The molecule has 18 heavy (non-hydrogen) atoms. The molecule has 1 aliphatic heterocycles. The molecule has 1 unspecified atom stereocenters. The number of halogens is 2. The normalized spacial score (nSPS) is 19.9. The number of hydrogen-bond donors (Lipinski definition) is 1. The molecule has 2 rings (SSSR count). The standard InChI is InChI=1S/C13H16BrFN2O/c1-8(2)16-10-6-13(18)17(7-10)12-5-9(14)3-4-11(12)15/h3-5,8,10,16H,6-7H2,1-2H3. The number of nitrogens with zero attached hydrogens (tertiary/aromatic N) is 1. The van der Waals surface area contributed by atoms with Crippen LogP contribution in [0.3, 0.4) is 0 Å². The molecule has 1 aromatic rings. The molecule has 98 valence electrons. The number of nitrogens with one attached hydrogen (secondary N) is 1. The number of carbonyl (C=O) groups excluding carboxylic acids is 1. The fourth-order valence-electron chi connectivity index (χ4n) is 2.22. The van der Waals surface area contributed by atoms with Crippen molar-refractivity contribution in [3.8, 4) is 0 Å². The summed E-state index contributed by atoms with van der Waals surface area (Å²) in [5, 5.41) is 3.31. The van der Waals surface area contributed by atoms with Gasteiger partial charge in [-0.25, -0.2) is 4.39 Å². The summed E-state index contributed by atoms with van der Waals surface area (Å²) in [6, 6.07) is 5.05. The first-order valence-corrected chi connectivity index (χ1v) is 6.78. The molecule has 0 saturated carbocycles. The van der Waals surface area contributed by atoms with Gasteiger partial charge in [0.25, 0.3) is 0 Å². The van der Waals surface area contributed by atoms with E-state index in [2.05, 4.69) is 21.2 Å². The van der Waals surface area contributed by atoms with Crippen molar-refractivity contribution in [2.24, 2.45) is 0 Å². The molecule has 0 bridgehead atoms. The second-order valence-corrected chi connectivity index (χ2v) is 5.74. The molecule has 5 heteroatoms. The quantitative estimate of drug-likeness (QED) is 0.930. The largest absolute Gasteiger partial charge is 0.309 e. The second-order valence-electron chi connectivity index (χ2n) is 4.82. The van der Waals surface area contributed by atoms with Gasteiger partial charge in [-0.3, -0.25) is 4.79 Å². The fourth-order valence-corrected chi connectivity index (χ4v) is 2.57. The molecule has 1 amide bonds. The van der Waals surface area contributed by atoms with Crippen molar-refractivity contribution < 1.29 is 9.18 Å². The average Bonchev–Trinajstić information content (AvgIpc) is 2.62. The lowest BCUT2D eigenvalue weighted by atomic mass is 10.2. The Morgan fingerprint density at radius 1 is 1.50 bits per heavy atom. The van der Waals surface area contributed by atoms with E-state index < -0.39 is 0 Å². The van der Waals surface area contributed by atoms with Crippen molar-refractivity contribution in [1.29, 1.82) is 0 Å². The number of amides is 1. The predicted molar refractivity (Wildman–Crippen MR) is 73.1 cm³/mol. The summed E-state index contributed by atoms with van der Waals surface area (Å²) in [5.74, 6) is -0.401. The molecular weight excluding hydrogens is 299 g/mol.